The van der Waals surface area contributed by atoms with Crippen LogP contribution in [-0.4, -0.2) is 149 Å². The second kappa shape index (κ2) is 44.1. The fourth-order valence-electron chi connectivity index (χ4n) is 14.1. The zero-order chi connectivity index (χ0) is 100. The first-order chi connectivity index (χ1) is 65.3. The number of ether oxygens (including phenoxy) is 1. The molecule has 0 aliphatic heterocycles. The van der Waals surface area contributed by atoms with Crippen LogP contribution in [-0.2, 0) is 48.6 Å². The first-order valence-electron chi connectivity index (χ1n) is 41.8. The van der Waals surface area contributed by atoms with Crippen LogP contribution in [0.15, 0.2) is 227 Å². The molecule has 3 atom stereocenters. The number of phenols is 3. The van der Waals surface area contributed by atoms with Gasteiger partial charge in [-0.15, -0.1) is 9.90 Å². The van der Waals surface area contributed by atoms with E-state index in [4.69, 9.17) is 97.5 Å². The van der Waals surface area contributed by atoms with Crippen LogP contribution in [0.2, 0.25) is 40.2 Å². The van der Waals surface area contributed by atoms with E-state index in [0.29, 0.717) is 65.0 Å². The van der Waals surface area contributed by atoms with Gasteiger partial charge >= 0.3 is 5.97 Å². The van der Waals surface area contributed by atoms with Crippen molar-refractivity contribution in [1.29, 1.82) is 0 Å². The minimum Gasteiger partial charge on any atom is -0.506 e. The number of carbonyl (C=O) groups excluding carboxylic acids is 7. The number of aryl methyl sites for hydroxylation is 5. The number of aromatic nitrogens is 9. The van der Waals surface area contributed by atoms with Crippen molar-refractivity contribution in [2.24, 2.45) is 0 Å². The maximum atomic E-state index is 13.7. The van der Waals surface area contributed by atoms with E-state index >= 15 is 0 Å². The van der Waals surface area contributed by atoms with Crippen LogP contribution in [0.1, 0.15) is 122 Å². The summed E-state index contributed by atoms with van der Waals surface area (Å²) in [5.74, 6) is -6.67. The van der Waals surface area contributed by atoms with Crippen LogP contribution in [0.5, 0.6) is 17.2 Å². The Morgan fingerprint density at radius 3 is 1.28 bits per heavy atom. The zero-order valence-electron chi connectivity index (χ0n) is 74.6. The highest BCUT2D eigenvalue weighted by Gasteiger charge is 2.38. The van der Waals surface area contributed by atoms with Crippen molar-refractivity contribution < 1.29 is 78.9 Å². The highest BCUT2D eigenvalue weighted by molar-refractivity contribution is 7.93. The predicted octanol–water partition coefficient (Wildman–Crippen LogP) is 20.6. The largest absolute Gasteiger partial charge is 0.506 e. The minimum absolute atomic E-state index is 0.00669. The van der Waals surface area contributed by atoms with Crippen LogP contribution in [0.4, 0.5) is 34.1 Å². The second-order valence-corrected chi connectivity index (χ2v) is 40.6. The summed E-state index contributed by atoms with van der Waals surface area (Å²) in [6.07, 6.45) is 4.26. The molecule has 4 heterocycles. The Labute approximate surface area is 832 Å². The van der Waals surface area contributed by atoms with Crippen LogP contribution < -0.4 is 31.9 Å². The molecule has 32 nitrogen and oxygen atoms in total. The van der Waals surface area contributed by atoms with Crippen molar-refractivity contribution in [3.63, 3.8) is 0 Å². The van der Waals surface area contributed by atoms with Crippen LogP contribution >= 0.6 is 92.8 Å². The third kappa shape index (κ3) is 23.6. The highest BCUT2D eigenvalue weighted by Crippen LogP contribution is 2.41. The molecule has 716 valence electrons. The van der Waals surface area contributed by atoms with E-state index in [1.165, 1.54) is 99.5 Å². The Hall–Kier alpha value is -13.2. The number of hydrogen-bond donors (Lipinski definition) is 9. The molecule has 43 heteroatoms. The Kier molecular flexibility index (Phi) is 33.2. The first kappa shape index (κ1) is 104. The molecule has 14 aromatic rings. The minimum atomic E-state index is -4.09. The number of phenolic OH excluding ortho intramolecular Hbond substituents is 3. The van der Waals surface area contributed by atoms with Crippen LogP contribution in [0, 0.1) is 41.5 Å². The number of rotatable bonds is 28. The molecule has 0 fully saturated rings. The van der Waals surface area contributed by atoms with Crippen molar-refractivity contribution in [1.82, 2.24) is 44.3 Å². The van der Waals surface area contributed by atoms with Gasteiger partial charge in [0.15, 0.2) is 35.2 Å². The fraction of sp³-hybridized carbons (Fsp3) is 0.179. The lowest BCUT2D eigenvalue weighted by Gasteiger charge is -2.19. The van der Waals surface area contributed by atoms with E-state index in [-0.39, 0.29) is 118 Å². The van der Waals surface area contributed by atoms with Crippen LogP contribution in [0.3, 0.4) is 0 Å². The Morgan fingerprint density at radius 1 is 0.384 bits per heavy atom. The van der Waals surface area contributed by atoms with Gasteiger partial charge in [0.05, 0.1) is 153 Å². The van der Waals surface area contributed by atoms with Crippen molar-refractivity contribution in [2.75, 3.05) is 38.5 Å². The maximum Gasteiger partial charge on any atom is 0.359 e. The molecule has 0 aliphatic rings. The van der Waals surface area contributed by atoms with Crippen LogP contribution in [0.25, 0.3) is 34.0 Å². The van der Waals surface area contributed by atoms with Gasteiger partial charge in [-0.2, -0.15) is 20.4 Å². The monoisotopic (exact) mass is 2080 g/mol. The van der Waals surface area contributed by atoms with Crippen molar-refractivity contribution in [3.8, 4) is 51.3 Å². The molecule has 10 aromatic carbocycles. The number of benzene rings is 10. The molecule has 6 amide bonds. The average Bonchev–Trinajstić information content (AvgIpc) is 1.58. The van der Waals surface area contributed by atoms with Gasteiger partial charge in [0.1, 0.15) is 44.4 Å². The number of anilines is 6. The standard InChI is InChI=1S/C36H31Cl2N7O5S.C30H27Cl3N4O7S.C29H27Cl3N4O5S/c1-4-34(51(49,50)25-12-8-9-21(2)15-25)36(48)40-29-18-33(46)30(17-32(29)45-39-19-31(43-45)23-10-6-5-7-11-23)41-35(47)26-20-44(42-22(26)3)24-13-14-27(37)28(38)16-24;1-4-26(45(42,43)18-9-6-16(3)7-10-18)29(40)34-23-14-25(38)24(13-22(23)33)35-28(39)19-15-37(36-27(19)30(41)44-5-2)17-8-11-20(31)21(32)12-17;1-5-26(42(40,41)19-9-6-15(2)7-10-19)28(38)33-23-14-25(37)24(13-22(23)32)34-29(39)27-16(3)35-36(17(27)4)18-8-11-20(30)21(31)12-18/h5-20,34,46H,4H2,1-3H3,(H,40,48)(H,41,47);6-15,26,38H,4-5H2,1-3H3,(H,34,40)(H,35,39);6-14,26,37H,5H2,1-4H3,(H,33,38)(H,34,39). The van der Waals surface area contributed by atoms with E-state index in [1.54, 1.807) is 139 Å². The van der Waals surface area contributed by atoms with Crippen molar-refractivity contribution >= 4 is 198 Å². The topological polar surface area (TPSA) is 448 Å². The summed E-state index contributed by atoms with van der Waals surface area (Å²) in [6, 6.07) is 49.6. The van der Waals surface area contributed by atoms with E-state index in [1.807, 2.05) is 44.2 Å². The van der Waals surface area contributed by atoms with Gasteiger partial charge in [0, 0.05) is 36.2 Å². The van der Waals surface area contributed by atoms with Crippen molar-refractivity contribution in [2.45, 2.75) is 119 Å². The fourth-order valence-corrected chi connectivity index (χ4v) is 20.4. The highest BCUT2D eigenvalue weighted by atomic mass is 35.5. The molecule has 0 bridgehead atoms. The summed E-state index contributed by atoms with van der Waals surface area (Å²) >= 11 is 49.2. The quantitative estimate of drug-likeness (QED) is 0.0162. The Balaban J connectivity index is 0.000000187. The first-order valence-corrected chi connectivity index (χ1v) is 49.5. The molecule has 138 heavy (non-hydrogen) atoms. The molecule has 0 saturated heterocycles. The van der Waals surface area contributed by atoms with E-state index < -0.39 is 104 Å². The number of halogens is 8. The summed E-state index contributed by atoms with van der Waals surface area (Å²) in [6.45, 7) is 16.8. The lowest BCUT2D eigenvalue weighted by Crippen LogP contribution is -2.35. The predicted molar refractivity (Wildman–Crippen MR) is 533 cm³/mol. The molecule has 0 saturated carbocycles. The van der Waals surface area contributed by atoms with Gasteiger partial charge in [-0.25, -0.2) is 44.1 Å². The number of aromatic hydroxyl groups is 3. The summed E-state index contributed by atoms with van der Waals surface area (Å²) in [5.41, 5.74) is 6.43. The SMILES string of the molecule is CCC(C(=O)Nc1cc(O)c(NC(=O)c2c(C)nn(-c3ccc(Cl)c(Cl)c3)c2C)cc1Cl)S(=O)(=O)c1ccc(C)cc1.CCC(C(=O)Nc1cc(O)c(NC(=O)c2cn(-c3ccc(Cl)c(Cl)c3)nc2C)cc1-n1ncc(-c2ccccc2)n1)S(=O)(=O)c1cccc(C)c1.CCOC(=O)c1nn(-c2ccc(Cl)c(Cl)c2)cc1C(=O)Nc1cc(Cl)c(NC(=O)C(CC)S(=O)(=O)c2ccc(C)cc2)cc1O. The van der Waals surface area contributed by atoms with Gasteiger partial charge in [-0.1, -0.05) is 191 Å². The van der Waals surface area contributed by atoms with Crippen molar-refractivity contribution in [3.05, 3.63) is 309 Å². The smallest absolute Gasteiger partial charge is 0.359 e. The summed E-state index contributed by atoms with van der Waals surface area (Å²) < 4.78 is 89.1. The number of hydrogen-bond acceptors (Lipinski definition) is 22. The molecular weight excluding hydrogens is 2000 g/mol. The lowest BCUT2D eigenvalue weighted by molar-refractivity contribution is -0.116. The third-order valence-electron chi connectivity index (χ3n) is 21.3. The van der Waals surface area contributed by atoms with Gasteiger partial charge in [-0.3, -0.25) is 28.8 Å². The molecule has 3 unspecified atom stereocenters. The maximum absolute atomic E-state index is 13.7. The molecule has 0 spiro atoms. The second-order valence-electron chi connectivity index (χ2n) is 31.0. The third-order valence-corrected chi connectivity index (χ3v) is 30.8. The van der Waals surface area contributed by atoms with Gasteiger partial charge in [-0.05, 0) is 182 Å². The Bertz CT molecular complexity index is 7470. The number of carbonyl (C=O) groups is 7. The summed E-state index contributed by atoms with van der Waals surface area (Å²) in [7, 11) is -12.1. The molecule has 0 aliphatic carbocycles. The normalized spacial score (nSPS) is 12.0. The molecule has 14 rings (SSSR count). The molecule has 0 radical (unpaired) electrons. The van der Waals surface area contributed by atoms with Gasteiger partial charge < -0.3 is 52.0 Å². The van der Waals surface area contributed by atoms with Gasteiger partial charge in [0.2, 0.25) is 17.7 Å². The number of esters is 1. The van der Waals surface area contributed by atoms with E-state index in [0.717, 1.165) is 40.5 Å². The lowest BCUT2D eigenvalue weighted by atomic mass is 10.1. The number of nitrogens with zero attached hydrogens (tertiary/aromatic N) is 9. The van der Waals surface area contributed by atoms with E-state index in [9.17, 15) is 74.1 Å². The average molecular weight is 2090 g/mol. The molecular formula is C95H85Cl8N15O17S3. The Morgan fingerprint density at radius 2 is 0.812 bits per heavy atom. The molecule has 4 aromatic heterocycles. The summed E-state index contributed by atoms with van der Waals surface area (Å²) in [5, 5.41) is 67.4. The number of amides is 6. The van der Waals surface area contributed by atoms with E-state index in [2.05, 4.69) is 57.4 Å². The molecule has 9 N–H and O–H groups in total. The number of sulfone groups is 3. The van der Waals surface area contributed by atoms with Gasteiger partial charge in [0.25, 0.3) is 17.7 Å². The number of nitrogens with one attached hydrogen (secondary N) is 6. The zero-order valence-corrected chi connectivity index (χ0v) is 83.1. The summed E-state index contributed by atoms with van der Waals surface area (Å²) in [4.78, 5) is 93.8.